The number of aromatic hydroxyl groups is 1. The second kappa shape index (κ2) is 9.27. The molecule has 1 saturated heterocycles. The summed E-state index contributed by atoms with van der Waals surface area (Å²) in [7, 11) is 1.51. The van der Waals surface area contributed by atoms with Crippen LogP contribution in [0, 0.1) is 0 Å². The minimum absolute atomic E-state index is 0. The van der Waals surface area contributed by atoms with Gasteiger partial charge in [0.25, 0.3) is 0 Å². The topological polar surface area (TPSA) is 44.7 Å². The Balaban J connectivity index is 0.00000242. The summed E-state index contributed by atoms with van der Waals surface area (Å²) in [5.41, 5.74) is 0.927. The summed E-state index contributed by atoms with van der Waals surface area (Å²) < 4.78 is 19.5. The van der Waals surface area contributed by atoms with E-state index in [9.17, 15) is 9.50 Å². The van der Waals surface area contributed by atoms with Crippen LogP contribution in [0.1, 0.15) is 18.0 Å². The normalized spacial score (nSPS) is 16.9. The standard InChI is InChI=1S/C14H19Br2FN2O2.ClH/c1-21-11-8-9(12(15)13(16)14(11)20)10(2-3-17)19-6-4-18-5-7-19;/h8,10,18,20H,2-7H2,1H3;1H/t10-;/m1./s1. The van der Waals surface area contributed by atoms with Crippen molar-refractivity contribution in [2.24, 2.45) is 0 Å². The molecule has 1 aromatic rings. The molecule has 0 amide bonds. The van der Waals surface area contributed by atoms with Crippen LogP contribution in [-0.2, 0) is 0 Å². The van der Waals surface area contributed by atoms with Gasteiger partial charge in [0.1, 0.15) is 0 Å². The van der Waals surface area contributed by atoms with Crippen molar-refractivity contribution in [2.45, 2.75) is 12.5 Å². The molecule has 0 spiro atoms. The number of hydrogen-bond donors (Lipinski definition) is 2. The van der Waals surface area contributed by atoms with Gasteiger partial charge in [-0.2, -0.15) is 0 Å². The number of nitrogens with zero attached hydrogens (tertiary/aromatic N) is 1. The van der Waals surface area contributed by atoms with Crippen molar-refractivity contribution < 1.29 is 14.2 Å². The van der Waals surface area contributed by atoms with Gasteiger partial charge in [0.2, 0.25) is 0 Å². The van der Waals surface area contributed by atoms with Crippen LogP contribution in [0.2, 0.25) is 0 Å². The van der Waals surface area contributed by atoms with Crippen LogP contribution in [0.5, 0.6) is 11.5 Å². The average Bonchev–Trinajstić information content (AvgIpc) is 2.52. The van der Waals surface area contributed by atoms with Crippen LogP contribution in [0.25, 0.3) is 0 Å². The number of nitrogens with one attached hydrogen (secondary N) is 1. The molecule has 1 aromatic carbocycles. The summed E-state index contributed by atoms with van der Waals surface area (Å²) in [6.45, 7) is 3.16. The van der Waals surface area contributed by atoms with Crippen molar-refractivity contribution in [1.29, 1.82) is 0 Å². The lowest BCUT2D eigenvalue weighted by Gasteiger charge is -2.35. The number of alkyl halides is 1. The molecular formula is C14H20Br2ClFN2O2. The lowest BCUT2D eigenvalue weighted by Crippen LogP contribution is -2.45. The van der Waals surface area contributed by atoms with Gasteiger partial charge in [-0.15, -0.1) is 12.4 Å². The zero-order chi connectivity index (χ0) is 15.4. The summed E-state index contributed by atoms with van der Waals surface area (Å²) in [5.74, 6) is 0.437. The lowest BCUT2D eigenvalue weighted by molar-refractivity contribution is 0.156. The van der Waals surface area contributed by atoms with Crippen LogP contribution >= 0.6 is 44.3 Å². The number of methoxy groups -OCH3 is 1. The van der Waals surface area contributed by atoms with Crippen LogP contribution < -0.4 is 10.1 Å². The zero-order valence-corrected chi connectivity index (χ0v) is 16.2. The van der Waals surface area contributed by atoms with Crippen LogP contribution in [0.15, 0.2) is 15.0 Å². The van der Waals surface area contributed by atoms with Crippen molar-refractivity contribution in [3.8, 4) is 11.5 Å². The summed E-state index contributed by atoms with van der Waals surface area (Å²) >= 11 is 6.87. The Bertz CT molecular complexity index is 502. The van der Waals surface area contributed by atoms with E-state index in [1.807, 2.05) is 0 Å². The van der Waals surface area contributed by atoms with Gasteiger partial charge in [-0.3, -0.25) is 9.29 Å². The maximum Gasteiger partial charge on any atom is 0.173 e. The monoisotopic (exact) mass is 460 g/mol. The van der Waals surface area contributed by atoms with Gasteiger partial charge in [-0.05, 0) is 49.9 Å². The summed E-state index contributed by atoms with van der Waals surface area (Å²) in [6, 6.07) is 1.74. The van der Waals surface area contributed by atoms with Gasteiger partial charge < -0.3 is 15.2 Å². The highest BCUT2D eigenvalue weighted by atomic mass is 79.9. The first-order valence-electron chi connectivity index (χ1n) is 6.85. The van der Waals surface area contributed by atoms with Gasteiger partial charge in [0, 0.05) is 36.7 Å². The summed E-state index contributed by atoms with van der Waals surface area (Å²) in [5, 5.41) is 13.3. The average molecular weight is 463 g/mol. The Morgan fingerprint density at radius 2 is 2.00 bits per heavy atom. The molecule has 126 valence electrons. The number of phenols is 1. The Kier molecular flexibility index (Phi) is 8.42. The first-order chi connectivity index (χ1) is 10.1. The van der Waals surface area contributed by atoms with Crippen LogP contribution in [0.3, 0.4) is 0 Å². The molecule has 8 heteroatoms. The van der Waals surface area contributed by atoms with E-state index in [-0.39, 0.29) is 30.9 Å². The summed E-state index contributed by atoms with van der Waals surface area (Å²) in [4.78, 5) is 2.26. The van der Waals surface area contributed by atoms with E-state index in [1.165, 1.54) is 7.11 Å². The molecular weight excluding hydrogens is 442 g/mol. The number of halogens is 4. The fourth-order valence-electron chi connectivity index (χ4n) is 2.64. The van der Waals surface area contributed by atoms with E-state index in [2.05, 4.69) is 42.1 Å². The fraction of sp³-hybridized carbons (Fsp3) is 0.571. The SMILES string of the molecule is COc1cc([C@@H](CCF)N2CCNCC2)c(Br)c(Br)c1O.Cl. The number of rotatable bonds is 5. The minimum Gasteiger partial charge on any atom is -0.503 e. The number of piperazine rings is 1. The molecule has 0 aliphatic carbocycles. The smallest absolute Gasteiger partial charge is 0.173 e. The largest absolute Gasteiger partial charge is 0.503 e. The van der Waals surface area contributed by atoms with Gasteiger partial charge >= 0.3 is 0 Å². The Labute approximate surface area is 153 Å². The van der Waals surface area contributed by atoms with Gasteiger partial charge in [-0.1, -0.05) is 0 Å². The maximum atomic E-state index is 13.0. The van der Waals surface area contributed by atoms with Crippen LogP contribution in [0.4, 0.5) is 4.39 Å². The molecule has 0 radical (unpaired) electrons. The highest BCUT2D eigenvalue weighted by Gasteiger charge is 2.26. The molecule has 0 unspecified atom stereocenters. The van der Waals surface area contributed by atoms with Crippen molar-refractivity contribution in [3.05, 3.63) is 20.6 Å². The predicted octanol–water partition coefficient (Wildman–Crippen LogP) is 3.65. The number of phenolic OH excluding ortho intramolecular Hbond substituents is 1. The number of benzene rings is 1. The van der Waals surface area contributed by atoms with E-state index >= 15 is 0 Å². The van der Waals surface area contributed by atoms with E-state index in [0.29, 0.717) is 16.6 Å². The highest BCUT2D eigenvalue weighted by Crippen LogP contribution is 2.45. The molecule has 0 bridgehead atoms. The van der Waals surface area contributed by atoms with Gasteiger partial charge in [0.05, 0.1) is 18.3 Å². The first-order valence-corrected chi connectivity index (χ1v) is 8.44. The fourth-order valence-corrected chi connectivity index (χ4v) is 3.63. The quantitative estimate of drug-likeness (QED) is 0.701. The molecule has 0 saturated carbocycles. The minimum atomic E-state index is -0.387. The second-order valence-corrected chi connectivity index (χ2v) is 6.51. The molecule has 0 aromatic heterocycles. The molecule has 2 N–H and O–H groups in total. The molecule has 2 rings (SSSR count). The van der Waals surface area contributed by atoms with E-state index in [4.69, 9.17) is 4.74 Å². The van der Waals surface area contributed by atoms with Gasteiger partial charge in [0.15, 0.2) is 11.5 Å². The van der Waals surface area contributed by atoms with Crippen molar-refractivity contribution >= 4 is 44.3 Å². The van der Waals surface area contributed by atoms with Crippen molar-refractivity contribution in [3.63, 3.8) is 0 Å². The van der Waals surface area contributed by atoms with Crippen LogP contribution in [-0.4, -0.2) is 50.0 Å². The Hall–Kier alpha value is -0.0800. The maximum absolute atomic E-state index is 13.0. The molecule has 1 atom stereocenters. The van der Waals surface area contributed by atoms with Crippen molar-refractivity contribution in [1.82, 2.24) is 10.2 Å². The molecule has 4 nitrogen and oxygen atoms in total. The molecule has 1 heterocycles. The van der Waals surface area contributed by atoms with Crippen molar-refractivity contribution in [2.75, 3.05) is 40.0 Å². The van der Waals surface area contributed by atoms with E-state index in [0.717, 1.165) is 36.2 Å². The predicted molar refractivity (Wildman–Crippen MR) is 95.1 cm³/mol. The molecule has 1 fully saturated rings. The molecule has 1 aliphatic heterocycles. The number of ether oxygens (including phenoxy) is 1. The molecule has 22 heavy (non-hydrogen) atoms. The number of hydrogen-bond acceptors (Lipinski definition) is 4. The Morgan fingerprint density at radius 1 is 1.36 bits per heavy atom. The second-order valence-electron chi connectivity index (χ2n) is 4.92. The van der Waals surface area contributed by atoms with E-state index < -0.39 is 0 Å². The third-order valence-electron chi connectivity index (χ3n) is 3.73. The summed E-state index contributed by atoms with van der Waals surface area (Å²) in [6.07, 6.45) is 0.416. The zero-order valence-electron chi connectivity index (χ0n) is 12.2. The lowest BCUT2D eigenvalue weighted by atomic mass is 10.0. The Morgan fingerprint density at radius 3 is 2.55 bits per heavy atom. The van der Waals surface area contributed by atoms with Gasteiger partial charge in [-0.25, -0.2) is 0 Å². The third kappa shape index (κ3) is 4.26. The highest BCUT2D eigenvalue weighted by molar-refractivity contribution is 9.13. The third-order valence-corrected chi connectivity index (χ3v) is 5.89. The first kappa shape index (κ1) is 20.0. The molecule has 1 aliphatic rings. The van der Waals surface area contributed by atoms with E-state index in [1.54, 1.807) is 6.07 Å².